The summed E-state index contributed by atoms with van der Waals surface area (Å²) < 4.78 is 5.78. The fourth-order valence-electron chi connectivity index (χ4n) is 2.96. The summed E-state index contributed by atoms with van der Waals surface area (Å²) in [6, 6.07) is 0.197. The largest absolute Gasteiger partial charge is 0.396 e. The van der Waals surface area contributed by atoms with Crippen molar-refractivity contribution in [3.63, 3.8) is 0 Å². The molecule has 1 aliphatic rings. The van der Waals surface area contributed by atoms with Crippen LogP contribution in [0, 0.1) is 5.41 Å². The third-order valence-corrected chi connectivity index (χ3v) is 4.03. The molecule has 3 heteroatoms. The van der Waals surface area contributed by atoms with Crippen molar-refractivity contribution >= 4 is 0 Å². The first-order valence-corrected chi connectivity index (χ1v) is 6.66. The Morgan fingerprint density at radius 1 is 1.50 bits per heavy atom. The molecule has 3 N–H and O–H groups in total. The Morgan fingerprint density at radius 2 is 2.25 bits per heavy atom. The molecule has 1 saturated heterocycles. The molecule has 3 unspecified atom stereocenters. The van der Waals surface area contributed by atoms with Gasteiger partial charge in [0.25, 0.3) is 0 Å². The zero-order chi connectivity index (χ0) is 12.0. The molecule has 96 valence electrons. The molecule has 1 rings (SSSR count). The van der Waals surface area contributed by atoms with Gasteiger partial charge in [0.15, 0.2) is 0 Å². The van der Waals surface area contributed by atoms with E-state index in [2.05, 4.69) is 13.8 Å². The molecular formula is C13H27NO2. The van der Waals surface area contributed by atoms with Crippen molar-refractivity contribution in [2.75, 3.05) is 13.2 Å². The first kappa shape index (κ1) is 13.9. The van der Waals surface area contributed by atoms with E-state index in [0.29, 0.717) is 6.10 Å². The van der Waals surface area contributed by atoms with Gasteiger partial charge in [-0.25, -0.2) is 0 Å². The summed E-state index contributed by atoms with van der Waals surface area (Å²) in [7, 11) is 0. The molecule has 0 aromatic carbocycles. The summed E-state index contributed by atoms with van der Waals surface area (Å²) in [5.74, 6) is 0. The summed E-state index contributed by atoms with van der Waals surface area (Å²) in [4.78, 5) is 0. The quantitative estimate of drug-likeness (QED) is 0.733. The minimum Gasteiger partial charge on any atom is -0.396 e. The molecule has 0 aromatic heterocycles. The minimum atomic E-state index is 0.113. The van der Waals surface area contributed by atoms with Crippen LogP contribution < -0.4 is 5.73 Å². The summed E-state index contributed by atoms with van der Waals surface area (Å²) in [5.41, 5.74) is 6.37. The minimum absolute atomic E-state index is 0.113. The molecule has 1 aliphatic heterocycles. The highest BCUT2D eigenvalue weighted by atomic mass is 16.5. The third kappa shape index (κ3) is 3.19. The first-order valence-electron chi connectivity index (χ1n) is 6.66. The number of aliphatic hydroxyl groups excluding tert-OH is 1. The van der Waals surface area contributed by atoms with Gasteiger partial charge in [-0.1, -0.05) is 20.3 Å². The second kappa shape index (κ2) is 6.58. The van der Waals surface area contributed by atoms with Gasteiger partial charge in [0.2, 0.25) is 0 Å². The van der Waals surface area contributed by atoms with Crippen molar-refractivity contribution < 1.29 is 9.84 Å². The number of hydrogen-bond donors (Lipinski definition) is 2. The van der Waals surface area contributed by atoms with E-state index in [-0.39, 0.29) is 18.1 Å². The molecule has 0 bridgehead atoms. The van der Waals surface area contributed by atoms with Crippen LogP contribution in [0.1, 0.15) is 52.4 Å². The van der Waals surface area contributed by atoms with Crippen LogP contribution in [0.25, 0.3) is 0 Å². The van der Waals surface area contributed by atoms with E-state index in [1.54, 1.807) is 0 Å². The van der Waals surface area contributed by atoms with E-state index in [4.69, 9.17) is 10.5 Å². The molecular weight excluding hydrogens is 202 g/mol. The number of nitrogens with two attached hydrogens (primary N) is 1. The zero-order valence-corrected chi connectivity index (χ0v) is 10.7. The molecule has 16 heavy (non-hydrogen) atoms. The fraction of sp³-hybridized carbons (Fsp3) is 1.00. The van der Waals surface area contributed by atoms with Gasteiger partial charge in [0, 0.05) is 19.3 Å². The monoisotopic (exact) mass is 229 g/mol. The van der Waals surface area contributed by atoms with Crippen molar-refractivity contribution in [1.29, 1.82) is 0 Å². The topological polar surface area (TPSA) is 55.5 Å². The Labute approximate surface area is 99.4 Å². The number of rotatable bonds is 6. The molecule has 0 radical (unpaired) electrons. The van der Waals surface area contributed by atoms with Crippen molar-refractivity contribution in [2.45, 2.75) is 64.5 Å². The normalized spacial score (nSPS) is 32.6. The molecule has 1 heterocycles. The predicted octanol–water partition coefficient (Wildman–Crippen LogP) is 2.07. The van der Waals surface area contributed by atoms with E-state index in [1.165, 1.54) is 0 Å². The van der Waals surface area contributed by atoms with Gasteiger partial charge in [-0.05, 0) is 37.5 Å². The molecule has 3 nitrogen and oxygen atoms in total. The van der Waals surface area contributed by atoms with Crippen LogP contribution in [-0.2, 0) is 4.74 Å². The van der Waals surface area contributed by atoms with Gasteiger partial charge >= 0.3 is 0 Å². The van der Waals surface area contributed by atoms with Gasteiger partial charge in [-0.15, -0.1) is 0 Å². The summed E-state index contributed by atoms with van der Waals surface area (Å²) >= 11 is 0. The molecule has 0 spiro atoms. The number of ether oxygens (including phenoxy) is 1. The number of hydrogen-bond acceptors (Lipinski definition) is 3. The lowest BCUT2D eigenvalue weighted by Crippen LogP contribution is -2.48. The third-order valence-electron chi connectivity index (χ3n) is 4.03. The summed E-state index contributed by atoms with van der Waals surface area (Å²) in [6.45, 7) is 5.37. The molecule has 0 aromatic rings. The maximum atomic E-state index is 9.25. The van der Waals surface area contributed by atoms with E-state index >= 15 is 0 Å². The van der Waals surface area contributed by atoms with Crippen LogP contribution in [0.15, 0.2) is 0 Å². The average molecular weight is 229 g/mol. The lowest BCUT2D eigenvalue weighted by molar-refractivity contribution is -0.0696. The van der Waals surface area contributed by atoms with Crippen LogP contribution in [0.2, 0.25) is 0 Å². The van der Waals surface area contributed by atoms with E-state index in [1.807, 2.05) is 0 Å². The van der Waals surface area contributed by atoms with Crippen molar-refractivity contribution in [3.05, 3.63) is 0 Å². The fourth-order valence-corrected chi connectivity index (χ4v) is 2.96. The molecule has 0 saturated carbocycles. The van der Waals surface area contributed by atoms with Crippen LogP contribution in [0.3, 0.4) is 0 Å². The molecule has 0 amide bonds. The molecule has 3 atom stereocenters. The van der Waals surface area contributed by atoms with Gasteiger partial charge in [-0.2, -0.15) is 0 Å². The predicted molar refractivity (Wildman–Crippen MR) is 66.3 cm³/mol. The zero-order valence-electron chi connectivity index (χ0n) is 10.7. The highest BCUT2D eigenvalue weighted by Gasteiger charge is 2.40. The van der Waals surface area contributed by atoms with E-state index in [0.717, 1.165) is 45.1 Å². The lowest BCUT2D eigenvalue weighted by atomic mass is 9.69. The Hall–Kier alpha value is -0.120. The van der Waals surface area contributed by atoms with Crippen LogP contribution in [0.5, 0.6) is 0 Å². The van der Waals surface area contributed by atoms with E-state index in [9.17, 15) is 5.11 Å². The van der Waals surface area contributed by atoms with Crippen molar-refractivity contribution in [3.8, 4) is 0 Å². The highest BCUT2D eigenvalue weighted by molar-refractivity contribution is 4.93. The summed E-state index contributed by atoms with van der Waals surface area (Å²) in [5, 5.41) is 9.25. The second-order valence-electron chi connectivity index (χ2n) is 5.09. The Bertz CT molecular complexity index is 192. The Balaban J connectivity index is 2.67. The van der Waals surface area contributed by atoms with E-state index < -0.39 is 0 Å². The maximum Gasteiger partial charge on any atom is 0.0581 e. The number of aliphatic hydroxyl groups is 1. The van der Waals surface area contributed by atoms with Crippen LogP contribution in [-0.4, -0.2) is 30.5 Å². The Morgan fingerprint density at radius 3 is 2.81 bits per heavy atom. The summed E-state index contributed by atoms with van der Waals surface area (Å²) in [6.07, 6.45) is 6.46. The second-order valence-corrected chi connectivity index (χ2v) is 5.09. The van der Waals surface area contributed by atoms with Gasteiger partial charge in [-0.3, -0.25) is 0 Å². The molecule has 1 fully saturated rings. The Kier molecular flexibility index (Phi) is 5.73. The first-order chi connectivity index (χ1) is 7.68. The van der Waals surface area contributed by atoms with Crippen molar-refractivity contribution in [1.82, 2.24) is 0 Å². The van der Waals surface area contributed by atoms with Gasteiger partial charge in [0.1, 0.15) is 0 Å². The standard InChI is InChI=1S/C13H27NO2/c1-3-5-11-10-13(6-8-15,7-9-16-11)12(14)4-2/h11-12,15H,3-10,14H2,1-2H3. The lowest BCUT2D eigenvalue weighted by Gasteiger charge is -2.44. The maximum absolute atomic E-state index is 9.25. The molecule has 0 aliphatic carbocycles. The highest BCUT2D eigenvalue weighted by Crippen LogP contribution is 2.41. The van der Waals surface area contributed by atoms with Crippen LogP contribution >= 0.6 is 0 Å². The van der Waals surface area contributed by atoms with Crippen LogP contribution in [0.4, 0.5) is 0 Å². The van der Waals surface area contributed by atoms with Gasteiger partial charge < -0.3 is 15.6 Å². The smallest absolute Gasteiger partial charge is 0.0581 e. The average Bonchev–Trinajstić information content (AvgIpc) is 2.29. The SMILES string of the molecule is CCCC1CC(CCO)(C(N)CC)CCO1. The van der Waals surface area contributed by atoms with Crippen molar-refractivity contribution in [2.24, 2.45) is 11.1 Å². The van der Waals surface area contributed by atoms with Gasteiger partial charge in [0.05, 0.1) is 6.10 Å².